The van der Waals surface area contributed by atoms with Gasteiger partial charge < -0.3 is 19.8 Å². The van der Waals surface area contributed by atoms with Crippen LogP contribution in [0.25, 0.3) is 0 Å². The molecule has 106 valence electrons. The molecule has 0 aliphatic carbocycles. The highest BCUT2D eigenvalue weighted by atomic mass is 19.1. The van der Waals surface area contributed by atoms with E-state index >= 15 is 0 Å². The molecule has 19 heavy (non-hydrogen) atoms. The summed E-state index contributed by atoms with van der Waals surface area (Å²) in [6.07, 6.45) is 1.13. The lowest BCUT2D eigenvalue weighted by molar-refractivity contribution is -0.0573. The summed E-state index contributed by atoms with van der Waals surface area (Å²) in [5, 5.41) is 19.4. The van der Waals surface area contributed by atoms with E-state index in [4.69, 9.17) is 9.84 Å². The molecule has 0 amide bonds. The highest BCUT2D eigenvalue weighted by molar-refractivity contribution is 5.48. The smallest absolute Gasteiger partial charge is 0.146 e. The zero-order chi connectivity index (χ0) is 13.9. The molecule has 0 atom stereocenters. The molecule has 0 unspecified atom stereocenters. The van der Waals surface area contributed by atoms with Crippen LogP contribution in [0.2, 0.25) is 0 Å². The standard InChI is InChI=1S/C14H20FNO3/c1-16(10-14(18)4-6-19-7-5-14)13-3-2-11(9-17)8-12(13)15/h2-3,8,17-18H,4-7,9-10H2,1H3. The van der Waals surface area contributed by atoms with Crippen molar-refractivity contribution in [2.24, 2.45) is 0 Å². The van der Waals surface area contributed by atoms with Gasteiger partial charge in [0, 0.05) is 39.6 Å². The molecule has 1 aromatic carbocycles. The summed E-state index contributed by atoms with van der Waals surface area (Å²) < 4.78 is 19.1. The topological polar surface area (TPSA) is 52.9 Å². The minimum Gasteiger partial charge on any atom is -0.392 e. The Bertz CT molecular complexity index is 433. The summed E-state index contributed by atoms with van der Waals surface area (Å²) in [6.45, 7) is 1.26. The van der Waals surface area contributed by atoms with Crippen LogP contribution in [0.15, 0.2) is 18.2 Å². The second-order valence-electron chi connectivity index (χ2n) is 5.14. The molecule has 5 heteroatoms. The number of nitrogens with zero attached hydrogens (tertiary/aromatic N) is 1. The highest BCUT2D eigenvalue weighted by Gasteiger charge is 2.31. The summed E-state index contributed by atoms with van der Waals surface area (Å²) >= 11 is 0. The molecule has 1 saturated heterocycles. The van der Waals surface area contributed by atoms with Crippen LogP contribution in [0.1, 0.15) is 18.4 Å². The van der Waals surface area contributed by atoms with Gasteiger partial charge in [-0.05, 0) is 17.7 Å². The maximum atomic E-state index is 13.9. The summed E-state index contributed by atoms with van der Waals surface area (Å²) in [6, 6.07) is 4.63. The summed E-state index contributed by atoms with van der Waals surface area (Å²) in [4.78, 5) is 1.71. The van der Waals surface area contributed by atoms with Crippen LogP contribution in [0, 0.1) is 5.82 Å². The Hall–Kier alpha value is -1.17. The minimum absolute atomic E-state index is 0.178. The van der Waals surface area contributed by atoms with Crippen molar-refractivity contribution in [2.45, 2.75) is 25.0 Å². The lowest BCUT2D eigenvalue weighted by Crippen LogP contribution is -2.46. The zero-order valence-corrected chi connectivity index (χ0v) is 11.1. The highest BCUT2D eigenvalue weighted by Crippen LogP contribution is 2.26. The fourth-order valence-corrected chi connectivity index (χ4v) is 2.39. The molecule has 0 spiro atoms. The summed E-state index contributed by atoms with van der Waals surface area (Å²) in [5.41, 5.74) is 0.145. The SMILES string of the molecule is CN(CC1(O)CCOCC1)c1ccc(CO)cc1F. The van der Waals surface area contributed by atoms with Gasteiger partial charge in [0.25, 0.3) is 0 Å². The molecule has 1 heterocycles. The molecular weight excluding hydrogens is 249 g/mol. The average Bonchev–Trinajstić information content (AvgIpc) is 2.38. The van der Waals surface area contributed by atoms with E-state index in [0.29, 0.717) is 43.9 Å². The normalized spacial score (nSPS) is 18.3. The monoisotopic (exact) mass is 269 g/mol. The van der Waals surface area contributed by atoms with Crippen LogP contribution in [-0.4, -0.2) is 42.6 Å². The first-order valence-corrected chi connectivity index (χ1v) is 6.45. The van der Waals surface area contributed by atoms with Crippen LogP contribution in [-0.2, 0) is 11.3 Å². The van der Waals surface area contributed by atoms with Crippen molar-refractivity contribution in [1.82, 2.24) is 0 Å². The van der Waals surface area contributed by atoms with Gasteiger partial charge in [-0.3, -0.25) is 0 Å². The number of aliphatic hydroxyl groups excluding tert-OH is 1. The van der Waals surface area contributed by atoms with Crippen molar-refractivity contribution in [3.8, 4) is 0 Å². The zero-order valence-electron chi connectivity index (χ0n) is 11.1. The van der Waals surface area contributed by atoms with Crippen LogP contribution in [0.4, 0.5) is 10.1 Å². The van der Waals surface area contributed by atoms with E-state index in [1.54, 1.807) is 24.1 Å². The summed E-state index contributed by atoms with van der Waals surface area (Å²) in [5.74, 6) is -0.385. The average molecular weight is 269 g/mol. The second-order valence-corrected chi connectivity index (χ2v) is 5.14. The number of likely N-dealkylation sites (N-methyl/N-ethyl adjacent to an activating group) is 1. The quantitative estimate of drug-likeness (QED) is 0.865. The predicted molar refractivity (Wildman–Crippen MR) is 70.6 cm³/mol. The maximum Gasteiger partial charge on any atom is 0.146 e. The summed E-state index contributed by atoms with van der Waals surface area (Å²) in [7, 11) is 1.75. The van der Waals surface area contributed by atoms with Gasteiger partial charge in [-0.15, -0.1) is 0 Å². The van der Waals surface area contributed by atoms with Gasteiger partial charge in [0.15, 0.2) is 0 Å². The molecule has 0 aromatic heterocycles. The Morgan fingerprint density at radius 3 is 2.63 bits per heavy atom. The molecule has 0 radical (unpaired) electrons. The molecule has 4 nitrogen and oxygen atoms in total. The van der Waals surface area contributed by atoms with Gasteiger partial charge in [-0.25, -0.2) is 4.39 Å². The Kier molecular flexibility index (Phi) is 4.39. The number of anilines is 1. The molecule has 1 aliphatic heterocycles. The molecule has 1 aliphatic rings. The van der Waals surface area contributed by atoms with Crippen molar-refractivity contribution < 1.29 is 19.3 Å². The van der Waals surface area contributed by atoms with Crippen LogP contribution < -0.4 is 4.90 Å². The number of hydrogen-bond donors (Lipinski definition) is 2. The van der Waals surface area contributed by atoms with Crippen molar-refractivity contribution in [2.75, 3.05) is 31.7 Å². The second kappa shape index (κ2) is 5.86. The van der Waals surface area contributed by atoms with Crippen molar-refractivity contribution in [3.63, 3.8) is 0 Å². The Labute approximate surface area is 112 Å². The lowest BCUT2D eigenvalue weighted by Gasteiger charge is -2.36. The first-order valence-electron chi connectivity index (χ1n) is 6.45. The number of benzene rings is 1. The molecule has 0 bridgehead atoms. The van der Waals surface area contributed by atoms with E-state index in [9.17, 15) is 9.50 Å². The first kappa shape index (κ1) is 14.2. The largest absolute Gasteiger partial charge is 0.392 e. The van der Waals surface area contributed by atoms with Crippen LogP contribution >= 0.6 is 0 Å². The third-order valence-corrected chi connectivity index (χ3v) is 3.56. The minimum atomic E-state index is -0.824. The number of halogens is 1. The fraction of sp³-hybridized carbons (Fsp3) is 0.571. The van der Waals surface area contributed by atoms with Crippen molar-refractivity contribution >= 4 is 5.69 Å². The predicted octanol–water partition coefficient (Wildman–Crippen LogP) is 1.30. The third kappa shape index (κ3) is 3.43. The van der Waals surface area contributed by atoms with Crippen molar-refractivity contribution in [3.05, 3.63) is 29.6 Å². The fourth-order valence-electron chi connectivity index (χ4n) is 2.39. The van der Waals surface area contributed by atoms with Gasteiger partial charge in [0.05, 0.1) is 17.9 Å². The van der Waals surface area contributed by atoms with Gasteiger partial charge in [0.1, 0.15) is 5.82 Å². The van der Waals surface area contributed by atoms with Gasteiger partial charge in [0.2, 0.25) is 0 Å². The molecule has 2 rings (SSSR count). The third-order valence-electron chi connectivity index (χ3n) is 3.56. The Morgan fingerprint density at radius 1 is 1.37 bits per heavy atom. The van der Waals surface area contributed by atoms with Crippen molar-refractivity contribution in [1.29, 1.82) is 0 Å². The molecule has 2 N–H and O–H groups in total. The molecular formula is C14H20FNO3. The maximum absolute atomic E-state index is 13.9. The van der Waals surface area contributed by atoms with E-state index < -0.39 is 5.60 Å². The Balaban J connectivity index is 2.08. The van der Waals surface area contributed by atoms with E-state index in [1.165, 1.54) is 6.07 Å². The first-order chi connectivity index (χ1) is 9.04. The number of hydrogen-bond acceptors (Lipinski definition) is 4. The number of ether oxygens (including phenoxy) is 1. The van der Waals surface area contributed by atoms with Crippen LogP contribution in [0.3, 0.4) is 0 Å². The van der Waals surface area contributed by atoms with Crippen LogP contribution in [0.5, 0.6) is 0 Å². The lowest BCUT2D eigenvalue weighted by atomic mass is 9.93. The Morgan fingerprint density at radius 2 is 2.05 bits per heavy atom. The van der Waals surface area contributed by atoms with E-state index in [1.807, 2.05) is 0 Å². The number of aliphatic hydroxyl groups is 2. The molecule has 1 fully saturated rings. The van der Waals surface area contributed by atoms with Gasteiger partial charge in [-0.1, -0.05) is 6.07 Å². The molecule has 0 saturated carbocycles. The van der Waals surface area contributed by atoms with E-state index in [2.05, 4.69) is 0 Å². The molecule has 1 aromatic rings. The van der Waals surface area contributed by atoms with Gasteiger partial charge >= 0.3 is 0 Å². The van der Waals surface area contributed by atoms with Gasteiger partial charge in [-0.2, -0.15) is 0 Å². The number of rotatable bonds is 4. The van der Waals surface area contributed by atoms with E-state index in [-0.39, 0.29) is 12.4 Å². The van der Waals surface area contributed by atoms with E-state index in [0.717, 1.165) is 0 Å².